The second-order valence-corrected chi connectivity index (χ2v) is 12.7. The maximum Gasteiger partial charge on any atom is 0.407 e. The van der Waals surface area contributed by atoms with Gasteiger partial charge in [-0.15, -0.1) is 11.3 Å². The van der Waals surface area contributed by atoms with Crippen molar-refractivity contribution in [2.45, 2.75) is 10.4 Å². The summed E-state index contributed by atoms with van der Waals surface area (Å²) in [6, 6.07) is 23.3. The summed E-state index contributed by atoms with van der Waals surface area (Å²) in [5.41, 5.74) is 4.28. The first-order valence-electron chi connectivity index (χ1n) is 12.9. The lowest BCUT2D eigenvalue weighted by molar-refractivity contribution is -0.117. The number of thiophene rings is 1. The highest BCUT2D eigenvalue weighted by Gasteiger charge is 2.38. The van der Waals surface area contributed by atoms with E-state index in [0.29, 0.717) is 37.4 Å². The van der Waals surface area contributed by atoms with Crippen molar-refractivity contribution in [3.63, 3.8) is 0 Å². The van der Waals surface area contributed by atoms with Gasteiger partial charge in [0.2, 0.25) is 0 Å². The maximum atomic E-state index is 13.7. The van der Waals surface area contributed by atoms with Gasteiger partial charge in [-0.2, -0.15) is 13.2 Å². The fourth-order valence-electron chi connectivity index (χ4n) is 5.02. The molecule has 6 aromatic rings. The smallest absolute Gasteiger partial charge is 0.407 e. The molecule has 3 heterocycles. The highest BCUT2D eigenvalue weighted by atomic mass is 32.2. The van der Waals surface area contributed by atoms with E-state index in [1.54, 1.807) is 36.5 Å². The number of anilines is 1. The monoisotopic (exact) mass is 621 g/mol. The number of pyridine rings is 1. The Bertz CT molecular complexity index is 2060. The number of carbonyl (C=O) groups excluding carboxylic acids is 1. The predicted octanol–water partition coefficient (Wildman–Crippen LogP) is 7.66. The van der Waals surface area contributed by atoms with Gasteiger partial charge in [-0.05, 0) is 52.9 Å². The van der Waals surface area contributed by atoms with Crippen LogP contribution in [0.1, 0.15) is 10.4 Å². The molecule has 3 aromatic carbocycles. The number of hydrogen-bond donors (Lipinski definition) is 1. The van der Waals surface area contributed by atoms with Crippen molar-refractivity contribution in [2.75, 3.05) is 18.0 Å². The molecule has 0 fully saturated rings. The summed E-state index contributed by atoms with van der Waals surface area (Å²) < 4.78 is 73.1. The van der Waals surface area contributed by atoms with Gasteiger partial charge in [0.15, 0.2) is 0 Å². The Morgan fingerprint density at radius 3 is 2.37 bits per heavy atom. The van der Waals surface area contributed by atoms with Gasteiger partial charge in [-0.25, -0.2) is 18.2 Å². The molecule has 1 N–H and O–H groups in total. The molecule has 0 unspecified atom stereocenters. The van der Waals surface area contributed by atoms with Crippen LogP contribution in [-0.4, -0.2) is 44.2 Å². The summed E-state index contributed by atoms with van der Waals surface area (Å²) >= 11 is 0.848. The number of nitrogens with zero attached hydrogens (tertiary/aromatic N) is 2. The van der Waals surface area contributed by atoms with Crippen LogP contribution in [0.15, 0.2) is 101 Å². The molecule has 12 heteroatoms. The van der Waals surface area contributed by atoms with Crippen LogP contribution < -0.4 is 4.31 Å². The van der Waals surface area contributed by atoms with Gasteiger partial charge < -0.3 is 9.72 Å². The topological polar surface area (TPSA) is 92.4 Å². The molecule has 0 aliphatic heterocycles. The summed E-state index contributed by atoms with van der Waals surface area (Å²) in [6.07, 6.45) is -3.11. The van der Waals surface area contributed by atoms with Crippen LogP contribution in [0, 0.1) is 0 Å². The quantitative estimate of drug-likeness (QED) is 0.185. The molecule has 0 saturated carbocycles. The van der Waals surface area contributed by atoms with Crippen LogP contribution in [0.25, 0.3) is 44.2 Å². The summed E-state index contributed by atoms with van der Waals surface area (Å²) in [4.78, 5) is 19.8. The zero-order valence-corrected chi connectivity index (χ0v) is 24.1. The fourth-order valence-corrected chi connectivity index (χ4v) is 7.57. The number of sulfonamides is 1. The molecule has 0 atom stereocenters. The van der Waals surface area contributed by atoms with Crippen molar-refractivity contribution < 1.29 is 31.1 Å². The molecule has 6 rings (SSSR count). The van der Waals surface area contributed by atoms with E-state index in [0.717, 1.165) is 28.0 Å². The Balaban J connectivity index is 1.61. The number of benzene rings is 3. The summed E-state index contributed by atoms with van der Waals surface area (Å²) in [7, 11) is -3.21. The van der Waals surface area contributed by atoms with Crippen molar-refractivity contribution in [3.8, 4) is 22.3 Å². The summed E-state index contributed by atoms with van der Waals surface area (Å²) in [5, 5.41) is 2.61. The number of rotatable bonds is 7. The summed E-state index contributed by atoms with van der Waals surface area (Å²) in [6.45, 7) is -1.69. The number of halogens is 3. The van der Waals surface area contributed by atoms with E-state index in [9.17, 15) is 26.4 Å². The van der Waals surface area contributed by atoms with Gasteiger partial charge in [-0.3, -0.25) is 4.31 Å². The van der Waals surface area contributed by atoms with E-state index in [4.69, 9.17) is 4.74 Å². The van der Waals surface area contributed by atoms with Gasteiger partial charge in [0.1, 0.15) is 16.4 Å². The predicted molar refractivity (Wildman–Crippen MR) is 161 cm³/mol. The molecule has 7 nitrogen and oxygen atoms in total. The van der Waals surface area contributed by atoms with Crippen LogP contribution in [-0.2, 0) is 14.8 Å². The van der Waals surface area contributed by atoms with E-state index < -0.39 is 28.7 Å². The molecule has 43 heavy (non-hydrogen) atoms. The van der Waals surface area contributed by atoms with E-state index in [-0.39, 0.29) is 9.90 Å². The average molecular weight is 622 g/mol. The Labute approximate surface area is 248 Å². The Morgan fingerprint density at radius 1 is 0.977 bits per heavy atom. The highest BCUT2D eigenvalue weighted by Crippen LogP contribution is 2.42. The molecular weight excluding hydrogens is 599 g/mol. The number of H-pyrrole nitrogens is 1. The lowest BCUT2D eigenvalue weighted by atomic mass is 9.92. The zero-order valence-electron chi connectivity index (χ0n) is 22.4. The second kappa shape index (κ2) is 10.9. The first-order chi connectivity index (χ1) is 20.6. The minimum atomic E-state index is -4.79. The van der Waals surface area contributed by atoms with E-state index in [1.165, 1.54) is 36.8 Å². The van der Waals surface area contributed by atoms with E-state index in [2.05, 4.69) is 9.97 Å². The number of hydrogen-bond acceptors (Lipinski definition) is 6. The Kier molecular flexibility index (Phi) is 7.18. The number of esters is 1. The molecule has 0 bridgehead atoms. The Hall–Kier alpha value is -4.68. The molecule has 218 valence electrons. The number of fused-ring (bicyclic) bond motifs is 3. The Morgan fingerprint density at radius 2 is 1.72 bits per heavy atom. The maximum absolute atomic E-state index is 13.7. The molecule has 0 radical (unpaired) electrons. The van der Waals surface area contributed by atoms with Crippen LogP contribution in [0.3, 0.4) is 0 Å². The van der Waals surface area contributed by atoms with Crippen LogP contribution in [0.4, 0.5) is 18.9 Å². The first kappa shape index (κ1) is 28.4. The van der Waals surface area contributed by atoms with Crippen LogP contribution >= 0.6 is 11.3 Å². The van der Waals surface area contributed by atoms with Gasteiger partial charge >= 0.3 is 12.1 Å². The number of aromatic nitrogens is 2. The molecule has 0 spiro atoms. The lowest BCUT2D eigenvalue weighted by Gasteiger charge is -2.25. The van der Waals surface area contributed by atoms with Crippen LogP contribution in [0.5, 0.6) is 0 Å². The molecule has 3 aromatic heterocycles. The number of methoxy groups -OCH3 is 1. The van der Waals surface area contributed by atoms with Gasteiger partial charge in [0.05, 0.1) is 18.4 Å². The SMILES string of the molecule is COC(=O)c1ccc(-c2cnc3[nH]c4ccc(N(CC(F)(F)F)S(=O)(=O)c5cccs5)cc4c3c2-c2ccccc2)cc1. The molecule has 0 aliphatic carbocycles. The number of alkyl halides is 3. The highest BCUT2D eigenvalue weighted by molar-refractivity contribution is 7.94. The molecule has 0 amide bonds. The normalized spacial score (nSPS) is 12.1. The third kappa shape index (κ3) is 5.35. The molecule has 0 saturated heterocycles. The van der Waals surface area contributed by atoms with E-state index >= 15 is 0 Å². The third-order valence-electron chi connectivity index (χ3n) is 6.93. The molecule has 0 aliphatic rings. The van der Waals surface area contributed by atoms with Crippen molar-refractivity contribution in [1.29, 1.82) is 0 Å². The first-order valence-corrected chi connectivity index (χ1v) is 15.2. The second-order valence-electron chi connectivity index (χ2n) is 9.62. The van der Waals surface area contributed by atoms with Crippen molar-refractivity contribution in [2.24, 2.45) is 0 Å². The number of aromatic amines is 1. The van der Waals surface area contributed by atoms with Gasteiger partial charge in [0.25, 0.3) is 10.0 Å². The van der Waals surface area contributed by atoms with Crippen LogP contribution in [0.2, 0.25) is 0 Å². The standard InChI is InChI=1S/C31H22F3N3O4S2/c1-41-30(38)21-11-9-19(10-12-21)24-17-35-29-28(27(24)20-6-3-2-4-7-20)23-16-22(13-14-25(23)36-29)37(18-31(32,33)34)43(39,40)26-8-5-15-42-26/h2-17H,18H2,1H3,(H,35,36). The number of carbonyl (C=O) groups is 1. The van der Waals surface area contributed by atoms with Crippen molar-refractivity contribution in [1.82, 2.24) is 9.97 Å². The number of nitrogens with one attached hydrogen (secondary N) is 1. The zero-order chi connectivity index (χ0) is 30.4. The van der Waals surface area contributed by atoms with Gasteiger partial charge in [-0.1, -0.05) is 48.5 Å². The minimum absolute atomic E-state index is 0.133. The van der Waals surface area contributed by atoms with Crippen molar-refractivity contribution >= 4 is 55.0 Å². The largest absolute Gasteiger partial charge is 0.465 e. The van der Waals surface area contributed by atoms with Crippen molar-refractivity contribution in [3.05, 3.63) is 102 Å². The van der Waals surface area contributed by atoms with E-state index in [1.807, 2.05) is 30.3 Å². The number of ether oxygens (including phenoxy) is 1. The third-order valence-corrected chi connectivity index (χ3v) is 10.1. The lowest BCUT2D eigenvalue weighted by Crippen LogP contribution is -2.38. The minimum Gasteiger partial charge on any atom is -0.465 e. The average Bonchev–Trinajstić information content (AvgIpc) is 3.68. The fraction of sp³-hybridized carbons (Fsp3) is 0.0968. The van der Waals surface area contributed by atoms with Gasteiger partial charge in [0, 0.05) is 33.6 Å². The summed E-state index contributed by atoms with van der Waals surface area (Å²) in [5.74, 6) is -0.478. The molecular formula is C31H22F3N3O4S2.